The van der Waals surface area contributed by atoms with Crippen LogP contribution in [0.15, 0.2) is 53.6 Å². The van der Waals surface area contributed by atoms with Gasteiger partial charge in [0, 0.05) is 5.69 Å². The molecule has 0 spiro atoms. The summed E-state index contributed by atoms with van der Waals surface area (Å²) < 4.78 is 5.11. The summed E-state index contributed by atoms with van der Waals surface area (Å²) in [6, 6.07) is 15.4. The van der Waals surface area contributed by atoms with E-state index >= 15 is 0 Å². The molecule has 0 atom stereocenters. The zero-order valence-electron chi connectivity index (χ0n) is 13.6. The van der Waals surface area contributed by atoms with Crippen LogP contribution in [0.3, 0.4) is 0 Å². The molecule has 0 heterocycles. The number of methoxy groups -OCH3 is 1. The molecule has 0 aliphatic carbocycles. The molecule has 23 heavy (non-hydrogen) atoms. The van der Waals surface area contributed by atoms with Crippen LogP contribution in [0.25, 0.3) is 0 Å². The maximum Gasteiger partial charge on any atom is 0.259 e. The smallest absolute Gasteiger partial charge is 0.259 e. The van der Waals surface area contributed by atoms with Crippen LogP contribution in [0.2, 0.25) is 0 Å². The molecule has 5 heteroatoms. The lowest BCUT2D eigenvalue weighted by atomic mass is 10.1. The third-order valence-electron chi connectivity index (χ3n) is 3.33. The number of carbonyl (C=O) groups is 1. The SMILES string of the molecule is COc1ccc(C(C)=NNC(=O)CNc2cccc(C)c2)cc1. The zero-order chi connectivity index (χ0) is 16.7. The quantitative estimate of drug-likeness (QED) is 0.637. The molecule has 0 bridgehead atoms. The van der Waals surface area contributed by atoms with Gasteiger partial charge in [0.25, 0.3) is 5.91 Å². The summed E-state index contributed by atoms with van der Waals surface area (Å²) in [6.07, 6.45) is 0. The van der Waals surface area contributed by atoms with E-state index in [9.17, 15) is 4.79 Å². The van der Waals surface area contributed by atoms with Gasteiger partial charge in [0.1, 0.15) is 5.75 Å². The summed E-state index contributed by atoms with van der Waals surface area (Å²) in [5.41, 5.74) is 6.27. The molecular weight excluding hydrogens is 290 g/mol. The predicted octanol–water partition coefficient (Wildman–Crippen LogP) is 2.96. The van der Waals surface area contributed by atoms with Gasteiger partial charge in [-0.2, -0.15) is 5.10 Å². The lowest BCUT2D eigenvalue weighted by molar-refractivity contribution is -0.119. The van der Waals surface area contributed by atoms with Gasteiger partial charge in [-0.3, -0.25) is 4.79 Å². The molecular formula is C18H21N3O2. The number of hydrazone groups is 1. The molecule has 2 aromatic rings. The third-order valence-corrected chi connectivity index (χ3v) is 3.33. The minimum atomic E-state index is -0.195. The summed E-state index contributed by atoms with van der Waals surface area (Å²) >= 11 is 0. The van der Waals surface area contributed by atoms with E-state index in [-0.39, 0.29) is 12.5 Å². The van der Waals surface area contributed by atoms with Crippen LogP contribution in [-0.4, -0.2) is 25.3 Å². The summed E-state index contributed by atoms with van der Waals surface area (Å²) in [6.45, 7) is 4.02. The minimum absolute atomic E-state index is 0.169. The number of amides is 1. The van der Waals surface area contributed by atoms with Gasteiger partial charge in [0.2, 0.25) is 0 Å². The summed E-state index contributed by atoms with van der Waals surface area (Å²) in [7, 11) is 1.62. The number of hydrogen-bond acceptors (Lipinski definition) is 4. The van der Waals surface area contributed by atoms with Gasteiger partial charge in [-0.25, -0.2) is 5.43 Å². The first kappa shape index (κ1) is 16.5. The Balaban J connectivity index is 1.86. The average molecular weight is 311 g/mol. The molecule has 0 saturated heterocycles. The molecule has 0 unspecified atom stereocenters. The van der Waals surface area contributed by atoms with E-state index < -0.39 is 0 Å². The molecule has 0 saturated carbocycles. The number of nitrogens with one attached hydrogen (secondary N) is 2. The Hall–Kier alpha value is -2.82. The Morgan fingerprint density at radius 3 is 2.57 bits per heavy atom. The van der Waals surface area contributed by atoms with Crippen LogP contribution < -0.4 is 15.5 Å². The molecule has 0 aliphatic heterocycles. The van der Waals surface area contributed by atoms with E-state index in [0.29, 0.717) is 0 Å². The van der Waals surface area contributed by atoms with Crippen molar-refractivity contribution in [3.63, 3.8) is 0 Å². The number of nitrogens with zero attached hydrogens (tertiary/aromatic N) is 1. The van der Waals surface area contributed by atoms with E-state index in [0.717, 1.165) is 28.3 Å². The lowest BCUT2D eigenvalue weighted by Gasteiger charge is -2.07. The monoisotopic (exact) mass is 311 g/mol. The molecule has 0 fully saturated rings. The normalized spacial score (nSPS) is 11.0. The number of carbonyl (C=O) groups excluding carboxylic acids is 1. The van der Waals surface area contributed by atoms with Crippen molar-refractivity contribution in [1.82, 2.24) is 5.43 Å². The Labute approximate surface area is 136 Å². The van der Waals surface area contributed by atoms with Gasteiger partial charge < -0.3 is 10.1 Å². The minimum Gasteiger partial charge on any atom is -0.497 e. The molecule has 2 aromatic carbocycles. The van der Waals surface area contributed by atoms with Gasteiger partial charge >= 0.3 is 0 Å². The molecule has 0 aliphatic rings. The van der Waals surface area contributed by atoms with Crippen LogP contribution in [0.5, 0.6) is 5.75 Å². The maximum atomic E-state index is 11.8. The van der Waals surface area contributed by atoms with Crippen LogP contribution >= 0.6 is 0 Å². The lowest BCUT2D eigenvalue weighted by Crippen LogP contribution is -2.26. The van der Waals surface area contributed by atoms with Crippen molar-refractivity contribution in [2.24, 2.45) is 5.10 Å². The number of hydrogen-bond donors (Lipinski definition) is 2. The molecule has 1 amide bonds. The Bertz CT molecular complexity index is 694. The maximum absolute atomic E-state index is 11.8. The molecule has 2 rings (SSSR count). The largest absolute Gasteiger partial charge is 0.497 e. The van der Waals surface area contributed by atoms with Crippen LogP contribution in [0.4, 0.5) is 5.69 Å². The first-order valence-corrected chi connectivity index (χ1v) is 7.36. The fourth-order valence-electron chi connectivity index (χ4n) is 2.02. The van der Waals surface area contributed by atoms with Crippen molar-refractivity contribution in [1.29, 1.82) is 0 Å². The zero-order valence-corrected chi connectivity index (χ0v) is 13.6. The summed E-state index contributed by atoms with van der Waals surface area (Å²) in [5, 5.41) is 7.18. The van der Waals surface area contributed by atoms with Crippen LogP contribution in [-0.2, 0) is 4.79 Å². The fraction of sp³-hybridized carbons (Fsp3) is 0.222. The van der Waals surface area contributed by atoms with Crippen molar-refractivity contribution in [3.05, 3.63) is 59.7 Å². The van der Waals surface area contributed by atoms with Crippen molar-refractivity contribution in [2.45, 2.75) is 13.8 Å². The van der Waals surface area contributed by atoms with E-state index in [1.54, 1.807) is 7.11 Å². The second-order valence-electron chi connectivity index (χ2n) is 5.18. The highest BCUT2D eigenvalue weighted by Gasteiger charge is 2.02. The van der Waals surface area contributed by atoms with Gasteiger partial charge in [0.15, 0.2) is 0 Å². The second kappa shape index (κ2) is 7.98. The third kappa shape index (κ3) is 5.14. The summed E-state index contributed by atoms with van der Waals surface area (Å²) in [4.78, 5) is 11.8. The topological polar surface area (TPSA) is 62.7 Å². The first-order valence-electron chi connectivity index (χ1n) is 7.36. The van der Waals surface area contributed by atoms with E-state index in [2.05, 4.69) is 15.8 Å². The highest BCUT2D eigenvalue weighted by atomic mass is 16.5. The van der Waals surface area contributed by atoms with Gasteiger partial charge in [-0.05, 0) is 61.4 Å². The Morgan fingerprint density at radius 1 is 1.17 bits per heavy atom. The van der Waals surface area contributed by atoms with Crippen molar-refractivity contribution in [2.75, 3.05) is 19.0 Å². The molecule has 0 aromatic heterocycles. The number of anilines is 1. The van der Waals surface area contributed by atoms with Crippen molar-refractivity contribution in [3.8, 4) is 5.75 Å². The number of rotatable bonds is 6. The molecule has 2 N–H and O–H groups in total. The number of ether oxygens (including phenoxy) is 1. The highest BCUT2D eigenvalue weighted by Crippen LogP contribution is 2.12. The Kier molecular flexibility index (Phi) is 5.74. The second-order valence-corrected chi connectivity index (χ2v) is 5.18. The fourth-order valence-corrected chi connectivity index (χ4v) is 2.02. The van der Waals surface area contributed by atoms with Crippen molar-refractivity contribution < 1.29 is 9.53 Å². The van der Waals surface area contributed by atoms with Gasteiger partial charge in [0.05, 0.1) is 19.4 Å². The Morgan fingerprint density at radius 2 is 1.91 bits per heavy atom. The highest BCUT2D eigenvalue weighted by molar-refractivity contribution is 5.99. The number of aryl methyl sites for hydroxylation is 1. The first-order chi connectivity index (χ1) is 11.1. The average Bonchev–Trinajstić information content (AvgIpc) is 2.58. The van der Waals surface area contributed by atoms with Crippen LogP contribution in [0, 0.1) is 6.92 Å². The standard InChI is InChI=1S/C18H21N3O2/c1-13-5-4-6-16(11-13)19-12-18(22)21-20-14(2)15-7-9-17(23-3)10-8-15/h4-11,19H,12H2,1-3H3,(H,21,22). The molecule has 5 nitrogen and oxygen atoms in total. The van der Waals surface area contributed by atoms with E-state index in [1.807, 2.05) is 62.4 Å². The van der Waals surface area contributed by atoms with Gasteiger partial charge in [-0.1, -0.05) is 12.1 Å². The predicted molar refractivity (Wildman–Crippen MR) is 93.0 cm³/mol. The van der Waals surface area contributed by atoms with Gasteiger partial charge in [-0.15, -0.1) is 0 Å². The van der Waals surface area contributed by atoms with Crippen molar-refractivity contribution >= 4 is 17.3 Å². The molecule has 120 valence electrons. The number of benzene rings is 2. The van der Waals surface area contributed by atoms with E-state index in [4.69, 9.17) is 4.74 Å². The van der Waals surface area contributed by atoms with Crippen LogP contribution in [0.1, 0.15) is 18.1 Å². The van der Waals surface area contributed by atoms with E-state index in [1.165, 1.54) is 0 Å². The molecule has 0 radical (unpaired) electrons. The summed E-state index contributed by atoms with van der Waals surface area (Å²) in [5.74, 6) is 0.590.